The molecule has 2 amide bonds. The number of carbonyl (C=O) groups excluding carboxylic acids is 2. The van der Waals surface area contributed by atoms with Gasteiger partial charge in [0.2, 0.25) is 0 Å². The third kappa shape index (κ3) is 4.60. The number of fused-ring (bicyclic) bond motifs is 3. The van der Waals surface area contributed by atoms with Gasteiger partial charge in [-0.15, -0.1) is 0 Å². The highest BCUT2D eigenvalue weighted by Gasteiger charge is 2.29. The van der Waals surface area contributed by atoms with Crippen LogP contribution in [0.5, 0.6) is 0 Å². The molecule has 3 N–H and O–H groups in total. The number of hydrogen-bond acceptors (Lipinski definition) is 5. The number of hydrogen-bond donors (Lipinski definition) is 3. The van der Waals surface area contributed by atoms with Gasteiger partial charge in [0, 0.05) is 5.92 Å². The summed E-state index contributed by atoms with van der Waals surface area (Å²) in [4.78, 5) is 39.9. The number of benzene rings is 2. The summed E-state index contributed by atoms with van der Waals surface area (Å²) in [6.07, 6.45) is -1.66. The zero-order chi connectivity index (χ0) is 21.7. The molecule has 2 aromatic rings. The number of carbonyl (C=O) groups is 3. The Bertz CT molecular complexity index is 899. The van der Waals surface area contributed by atoms with Crippen molar-refractivity contribution in [1.82, 2.24) is 10.8 Å². The Morgan fingerprint density at radius 2 is 1.60 bits per heavy atom. The zero-order valence-corrected chi connectivity index (χ0v) is 16.8. The van der Waals surface area contributed by atoms with Crippen LogP contribution in [0.3, 0.4) is 0 Å². The molecule has 0 aromatic heterocycles. The first-order chi connectivity index (χ1) is 14.4. The molecular weight excluding hydrogens is 388 g/mol. The van der Waals surface area contributed by atoms with Crippen LogP contribution in [0, 0.1) is 0 Å². The number of hydroxylamine groups is 1. The van der Waals surface area contributed by atoms with Crippen molar-refractivity contribution in [3.8, 4) is 11.1 Å². The van der Waals surface area contributed by atoms with Crippen LogP contribution < -0.4 is 10.8 Å². The number of carboxylic acid groups (broad SMARTS) is 1. The van der Waals surface area contributed by atoms with E-state index < -0.39 is 30.1 Å². The van der Waals surface area contributed by atoms with Crippen molar-refractivity contribution in [2.75, 3.05) is 6.61 Å². The predicted octanol–water partition coefficient (Wildman–Crippen LogP) is 2.82. The van der Waals surface area contributed by atoms with E-state index in [1.807, 2.05) is 48.5 Å². The summed E-state index contributed by atoms with van der Waals surface area (Å²) in [5.41, 5.74) is 6.48. The molecule has 158 valence electrons. The average Bonchev–Trinajstić information content (AvgIpc) is 3.07. The molecule has 3 rings (SSSR count). The normalized spacial score (nSPS) is 14.2. The minimum atomic E-state index is -1.21. The summed E-state index contributed by atoms with van der Waals surface area (Å²) in [6.45, 7) is 3.11. The molecule has 0 radical (unpaired) electrons. The van der Waals surface area contributed by atoms with Crippen molar-refractivity contribution in [3.63, 3.8) is 0 Å². The van der Waals surface area contributed by atoms with E-state index in [0.29, 0.717) is 0 Å². The highest BCUT2D eigenvalue weighted by Crippen LogP contribution is 2.44. The number of carboxylic acids is 1. The smallest absolute Gasteiger partial charge is 0.407 e. The second-order valence-electron chi connectivity index (χ2n) is 7.00. The van der Waals surface area contributed by atoms with Crippen molar-refractivity contribution >= 4 is 18.0 Å². The summed E-state index contributed by atoms with van der Waals surface area (Å²) in [7, 11) is 0. The van der Waals surface area contributed by atoms with E-state index in [2.05, 4.69) is 10.8 Å². The highest BCUT2D eigenvalue weighted by atomic mass is 16.7. The number of rotatable bonds is 8. The molecule has 0 aliphatic heterocycles. The maximum absolute atomic E-state index is 12.3. The van der Waals surface area contributed by atoms with Crippen molar-refractivity contribution in [3.05, 3.63) is 59.7 Å². The van der Waals surface area contributed by atoms with E-state index in [1.165, 1.54) is 6.92 Å². The number of aliphatic carboxylic acids is 1. The average molecular weight is 412 g/mol. The second-order valence-corrected chi connectivity index (χ2v) is 7.00. The Morgan fingerprint density at radius 1 is 1.03 bits per heavy atom. The number of ether oxygens (including phenoxy) is 1. The maximum Gasteiger partial charge on any atom is 0.407 e. The SMILES string of the molecule is CCC(NC(=O)OCC1c2ccccc2-c2ccccc21)C(=O)NOC(C)C(=O)O. The number of nitrogens with one attached hydrogen (secondary N) is 2. The summed E-state index contributed by atoms with van der Waals surface area (Å²) in [6, 6.07) is 15.1. The minimum absolute atomic E-state index is 0.0863. The van der Waals surface area contributed by atoms with Crippen molar-refractivity contribution in [1.29, 1.82) is 0 Å². The molecule has 0 fully saturated rings. The lowest BCUT2D eigenvalue weighted by Crippen LogP contribution is -2.47. The summed E-state index contributed by atoms with van der Waals surface area (Å²) >= 11 is 0. The summed E-state index contributed by atoms with van der Waals surface area (Å²) in [5, 5.41) is 11.3. The standard InChI is InChI=1S/C22H24N2O6/c1-3-19(20(25)24-30-13(2)21(26)27)23-22(28)29-12-18-16-10-6-4-8-14(16)15-9-5-7-11-17(15)18/h4-11,13,18-19H,3,12H2,1-2H3,(H,23,28)(H,24,25)(H,26,27). The molecule has 0 saturated carbocycles. The molecule has 2 unspecified atom stereocenters. The monoisotopic (exact) mass is 412 g/mol. The molecule has 1 aliphatic rings. The maximum atomic E-state index is 12.3. The van der Waals surface area contributed by atoms with Gasteiger partial charge in [0.1, 0.15) is 12.6 Å². The van der Waals surface area contributed by atoms with E-state index >= 15 is 0 Å². The summed E-state index contributed by atoms with van der Waals surface area (Å²) in [5.74, 6) is -1.95. The van der Waals surface area contributed by atoms with Crippen LogP contribution in [0.4, 0.5) is 4.79 Å². The van der Waals surface area contributed by atoms with Gasteiger partial charge in [0.25, 0.3) is 5.91 Å². The number of alkyl carbamates (subject to hydrolysis) is 1. The van der Waals surface area contributed by atoms with Crippen molar-refractivity contribution in [2.24, 2.45) is 0 Å². The fourth-order valence-electron chi connectivity index (χ4n) is 3.40. The molecule has 1 aliphatic carbocycles. The summed E-state index contributed by atoms with van der Waals surface area (Å²) < 4.78 is 5.42. The molecule has 0 bridgehead atoms. The van der Waals surface area contributed by atoms with Crippen LogP contribution in [-0.2, 0) is 19.2 Å². The van der Waals surface area contributed by atoms with E-state index in [0.717, 1.165) is 22.3 Å². The first kappa shape index (κ1) is 21.3. The van der Waals surface area contributed by atoms with Crippen LogP contribution in [0.1, 0.15) is 37.3 Å². The fraction of sp³-hybridized carbons (Fsp3) is 0.318. The van der Waals surface area contributed by atoms with Crippen LogP contribution in [0.25, 0.3) is 11.1 Å². The van der Waals surface area contributed by atoms with Gasteiger partial charge in [-0.05, 0) is 35.6 Å². The molecule has 2 atom stereocenters. The van der Waals surface area contributed by atoms with Crippen LogP contribution in [0.2, 0.25) is 0 Å². The van der Waals surface area contributed by atoms with E-state index in [9.17, 15) is 14.4 Å². The van der Waals surface area contributed by atoms with Gasteiger partial charge in [0.15, 0.2) is 6.10 Å². The molecular formula is C22H24N2O6. The van der Waals surface area contributed by atoms with Gasteiger partial charge in [-0.1, -0.05) is 55.5 Å². The number of amides is 2. The first-order valence-electron chi connectivity index (χ1n) is 9.72. The van der Waals surface area contributed by atoms with E-state index in [-0.39, 0.29) is 18.9 Å². The topological polar surface area (TPSA) is 114 Å². The molecule has 0 saturated heterocycles. The Morgan fingerprint density at radius 3 is 2.13 bits per heavy atom. The third-order valence-corrected chi connectivity index (χ3v) is 5.04. The van der Waals surface area contributed by atoms with Crippen LogP contribution >= 0.6 is 0 Å². The molecule has 8 heteroatoms. The van der Waals surface area contributed by atoms with Gasteiger partial charge in [-0.3, -0.25) is 9.63 Å². The van der Waals surface area contributed by atoms with Crippen molar-refractivity contribution < 1.29 is 29.1 Å². The molecule has 2 aromatic carbocycles. The van der Waals surface area contributed by atoms with Gasteiger partial charge in [-0.2, -0.15) is 0 Å². The van der Waals surface area contributed by atoms with E-state index in [4.69, 9.17) is 14.7 Å². The minimum Gasteiger partial charge on any atom is -0.479 e. The lowest BCUT2D eigenvalue weighted by atomic mass is 9.98. The van der Waals surface area contributed by atoms with Gasteiger partial charge in [-0.25, -0.2) is 15.1 Å². The van der Waals surface area contributed by atoms with Crippen LogP contribution in [0.15, 0.2) is 48.5 Å². The predicted molar refractivity (Wildman–Crippen MR) is 109 cm³/mol. The van der Waals surface area contributed by atoms with Gasteiger partial charge < -0.3 is 15.2 Å². The van der Waals surface area contributed by atoms with E-state index in [1.54, 1.807) is 6.92 Å². The van der Waals surface area contributed by atoms with Gasteiger partial charge >= 0.3 is 12.1 Å². The second kappa shape index (κ2) is 9.41. The lowest BCUT2D eigenvalue weighted by Gasteiger charge is -2.19. The molecule has 0 spiro atoms. The highest BCUT2D eigenvalue weighted by molar-refractivity contribution is 5.85. The third-order valence-electron chi connectivity index (χ3n) is 5.04. The first-order valence-corrected chi connectivity index (χ1v) is 9.72. The fourth-order valence-corrected chi connectivity index (χ4v) is 3.40. The molecule has 8 nitrogen and oxygen atoms in total. The Labute approximate surface area is 174 Å². The largest absolute Gasteiger partial charge is 0.479 e. The Hall–Kier alpha value is -3.39. The Kier molecular flexibility index (Phi) is 6.68. The molecule has 30 heavy (non-hydrogen) atoms. The zero-order valence-electron chi connectivity index (χ0n) is 16.8. The quantitative estimate of drug-likeness (QED) is 0.575. The van der Waals surface area contributed by atoms with Crippen LogP contribution in [-0.4, -0.2) is 41.8 Å². The van der Waals surface area contributed by atoms with Gasteiger partial charge in [0.05, 0.1) is 0 Å². The van der Waals surface area contributed by atoms with Crippen molar-refractivity contribution in [2.45, 2.75) is 38.3 Å². The lowest BCUT2D eigenvalue weighted by molar-refractivity contribution is -0.159. The Balaban J connectivity index is 1.59. The molecule has 0 heterocycles.